The van der Waals surface area contributed by atoms with E-state index in [9.17, 15) is 14.7 Å². The van der Waals surface area contributed by atoms with Gasteiger partial charge in [0.2, 0.25) is 0 Å². The first-order valence-corrected chi connectivity index (χ1v) is 8.12. The second-order valence-corrected chi connectivity index (χ2v) is 6.20. The molecular weight excluding hydrogens is 316 g/mol. The van der Waals surface area contributed by atoms with E-state index >= 15 is 0 Å². The number of H-pyrrole nitrogens is 1. The summed E-state index contributed by atoms with van der Waals surface area (Å²) in [4.78, 5) is 27.0. The van der Waals surface area contributed by atoms with E-state index in [2.05, 4.69) is 10.3 Å². The smallest absolute Gasteiger partial charge is 0.305 e. The topological polar surface area (TPSA) is 82.2 Å². The van der Waals surface area contributed by atoms with Gasteiger partial charge in [-0.15, -0.1) is 0 Å². The second kappa shape index (κ2) is 6.81. The fourth-order valence-electron chi connectivity index (χ4n) is 3.06. The highest BCUT2D eigenvalue weighted by Gasteiger charge is 2.21. The van der Waals surface area contributed by atoms with Crippen LogP contribution in [0, 0.1) is 13.8 Å². The van der Waals surface area contributed by atoms with Gasteiger partial charge in [-0.3, -0.25) is 9.59 Å². The summed E-state index contributed by atoms with van der Waals surface area (Å²) in [7, 11) is 0. The average molecular weight is 336 g/mol. The van der Waals surface area contributed by atoms with Gasteiger partial charge < -0.3 is 15.4 Å². The van der Waals surface area contributed by atoms with Gasteiger partial charge in [0.05, 0.1) is 12.5 Å². The lowest BCUT2D eigenvalue weighted by Gasteiger charge is -2.19. The number of amides is 1. The number of aryl methyl sites for hydroxylation is 2. The molecule has 0 radical (unpaired) electrons. The molecule has 3 aromatic rings. The van der Waals surface area contributed by atoms with Crippen molar-refractivity contribution in [1.29, 1.82) is 0 Å². The van der Waals surface area contributed by atoms with Crippen LogP contribution in [-0.4, -0.2) is 22.0 Å². The van der Waals surface area contributed by atoms with Crippen LogP contribution in [0.1, 0.15) is 39.6 Å². The van der Waals surface area contributed by atoms with E-state index in [1.54, 1.807) is 6.07 Å². The predicted molar refractivity (Wildman–Crippen MR) is 96.7 cm³/mol. The van der Waals surface area contributed by atoms with Crippen LogP contribution in [-0.2, 0) is 4.79 Å². The van der Waals surface area contributed by atoms with Crippen LogP contribution >= 0.6 is 0 Å². The fraction of sp³-hybridized carbons (Fsp3) is 0.200. The molecule has 0 bridgehead atoms. The van der Waals surface area contributed by atoms with Gasteiger partial charge in [0.25, 0.3) is 5.91 Å². The second-order valence-electron chi connectivity index (χ2n) is 6.20. The maximum atomic E-state index is 12.7. The Morgan fingerprint density at radius 3 is 2.48 bits per heavy atom. The first kappa shape index (κ1) is 16.8. The molecule has 0 aliphatic rings. The number of aromatic nitrogens is 1. The fourth-order valence-corrected chi connectivity index (χ4v) is 3.06. The maximum absolute atomic E-state index is 12.7. The quantitative estimate of drug-likeness (QED) is 0.664. The molecule has 5 nitrogen and oxygen atoms in total. The molecule has 0 saturated carbocycles. The minimum absolute atomic E-state index is 0.171. The van der Waals surface area contributed by atoms with Crippen LogP contribution in [0.2, 0.25) is 0 Å². The van der Waals surface area contributed by atoms with Crippen molar-refractivity contribution in [2.75, 3.05) is 0 Å². The molecule has 1 atom stereocenters. The zero-order valence-corrected chi connectivity index (χ0v) is 14.2. The molecule has 25 heavy (non-hydrogen) atoms. The number of carboxylic acids is 1. The Hall–Kier alpha value is -3.08. The Kier molecular flexibility index (Phi) is 4.57. The van der Waals surface area contributed by atoms with Crippen LogP contribution in [0.4, 0.5) is 0 Å². The number of carbonyl (C=O) groups excluding carboxylic acids is 1. The summed E-state index contributed by atoms with van der Waals surface area (Å²) >= 11 is 0. The van der Waals surface area contributed by atoms with Crippen molar-refractivity contribution in [2.45, 2.75) is 26.3 Å². The Morgan fingerprint density at radius 1 is 1.08 bits per heavy atom. The largest absolute Gasteiger partial charge is 0.481 e. The number of nitrogens with one attached hydrogen (secondary N) is 2. The van der Waals surface area contributed by atoms with Gasteiger partial charge in [-0.25, -0.2) is 0 Å². The molecule has 1 amide bonds. The Bertz CT molecular complexity index is 943. The third-order valence-electron chi connectivity index (χ3n) is 4.36. The van der Waals surface area contributed by atoms with Crippen molar-refractivity contribution in [2.24, 2.45) is 0 Å². The lowest BCUT2D eigenvalue weighted by molar-refractivity contribution is -0.137. The number of carboxylic acid groups (broad SMARTS) is 1. The summed E-state index contributed by atoms with van der Waals surface area (Å²) in [6, 6.07) is 14.5. The third-order valence-corrected chi connectivity index (χ3v) is 4.36. The van der Waals surface area contributed by atoms with Gasteiger partial charge in [0.15, 0.2) is 0 Å². The van der Waals surface area contributed by atoms with Crippen LogP contribution in [0.5, 0.6) is 0 Å². The number of fused-ring (bicyclic) bond motifs is 1. The van der Waals surface area contributed by atoms with Gasteiger partial charge in [-0.1, -0.05) is 42.5 Å². The van der Waals surface area contributed by atoms with Crippen molar-refractivity contribution >= 4 is 22.8 Å². The molecule has 0 saturated heterocycles. The summed E-state index contributed by atoms with van der Waals surface area (Å²) in [5.74, 6) is -1.27. The number of hydrogen-bond donors (Lipinski definition) is 3. The zero-order chi connectivity index (χ0) is 18.0. The predicted octanol–water partition coefficient (Wildman–Crippen LogP) is 3.73. The molecule has 0 aliphatic carbocycles. The number of para-hydroxylation sites is 1. The van der Waals surface area contributed by atoms with Crippen LogP contribution in [0.3, 0.4) is 0 Å². The molecule has 128 valence electrons. The first-order chi connectivity index (χ1) is 12.0. The molecule has 1 aromatic heterocycles. The molecular formula is C20H20N2O3. The number of aliphatic carboxylic acids is 1. The number of benzene rings is 2. The molecule has 0 spiro atoms. The van der Waals surface area contributed by atoms with E-state index < -0.39 is 12.0 Å². The summed E-state index contributed by atoms with van der Waals surface area (Å²) in [6.07, 6.45) is -0.171. The Labute approximate surface area is 145 Å². The number of rotatable bonds is 5. The standard InChI is InChI=1S/C20H20N2O3/c1-12-6-3-4-9-15(12)16(11-18(23)24)22-20(25)17-10-14-8-5-7-13(2)19(14)21-17/h3-10,16,21H,11H2,1-2H3,(H,22,25)(H,23,24)/t16-/m0/s1. The van der Waals surface area contributed by atoms with Crippen molar-refractivity contribution in [1.82, 2.24) is 10.3 Å². The first-order valence-electron chi connectivity index (χ1n) is 8.12. The average Bonchev–Trinajstić information content (AvgIpc) is 3.00. The van der Waals surface area contributed by atoms with Crippen LogP contribution < -0.4 is 5.32 Å². The molecule has 5 heteroatoms. The molecule has 1 heterocycles. The van der Waals surface area contributed by atoms with Crippen LogP contribution in [0.25, 0.3) is 10.9 Å². The maximum Gasteiger partial charge on any atom is 0.305 e. The Balaban J connectivity index is 1.90. The number of carbonyl (C=O) groups is 2. The monoisotopic (exact) mass is 336 g/mol. The van der Waals surface area contributed by atoms with E-state index in [1.807, 2.05) is 56.3 Å². The highest BCUT2D eigenvalue weighted by atomic mass is 16.4. The highest BCUT2D eigenvalue weighted by Crippen LogP contribution is 2.23. The van der Waals surface area contributed by atoms with Crippen molar-refractivity contribution in [3.8, 4) is 0 Å². The van der Waals surface area contributed by atoms with E-state index in [-0.39, 0.29) is 12.3 Å². The number of aromatic amines is 1. The lowest BCUT2D eigenvalue weighted by Crippen LogP contribution is -2.30. The van der Waals surface area contributed by atoms with E-state index in [1.165, 1.54) is 0 Å². The highest BCUT2D eigenvalue weighted by molar-refractivity contribution is 5.99. The zero-order valence-electron chi connectivity index (χ0n) is 14.2. The lowest BCUT2D eigenvalue weighted by atomic mass is 9.98. The molecule has 0 aliphatic heterocycles. The van der Waals surface area contributed by atoms with Gasteiger partial charge in [0, 0.05) is 10.9 Å². The summed E-state index contributed by atoms with van der Waals surface area (Å²) < 4.78 is 0. The Morgan fingerprint density at radius 2 is 1.80 bits per heavy atom. The normalized spacial score (nSPS) is 12.1. The minimum atomic E-state index is -0.957. The van der Waals surface area contributed by atoms with Crippen molar-refractivity contribution in [3.05, 3.63) is 70.9 Å². The van der Waals surface area contributed by atoms with Crippen LogP contribution in [0.15, 0.2) is 48.5 Å². The third kappa shape index (κ3) is 3.55. The molecule has 2 aromatic carbocycles. The van der Waals surface area contributed by atoms with Gasteiger partial charge in [-0.05, 0) is 36.6 Å². The van der Waals surface area contributed by atoms with E-state index in [0.717, 1.165) is 27.6 Å². The van der Waals surface area contributed by atoms with Crippen molar-refractivity contribution < 1.29 is 14.7 Å². The van der Waals surface area contributed by atoms with Gasteiger partial charge >= 0.3 is 5.97 Å². The SMILES string of the molecule is Cc1ccccc1[C@H](CC(=O)O)NC(=O)c1cc2cccc(C)c2[nH]1. The number of hydrogen-bond acceptors (Lipinski definition) is 2. The minimum Gasteiger partial charge on any atom is -0.481 e. The van der Waals surface area contributed by atoms with E-state index in [0.29, 0.717) is 5.69 Å². The van der Waals surface area contributed by atoms with Gasteiger partial charge in [0.1, 0.15) is 5.69 Å². The summed E-state index contributed by atoms with van der Waals surface area (Å²) in [5, 5.41) is 13.0. The molecule has 3 rings (SSSR count). The van der Waals surface area contributed by atoms with E-state index in [4.69, 9.17) is 0 Å². The van der Waals surface area contributed by atoms with Crippen molar-refractivity contribution in [3.63, 3.8) is 0 Å². The molecule has 0 fully saturated rings. The van der Waals surface area contributed by atoms with Gasteiger partial charge in [-0.2, -0.15) is 0 Å². The molecule has 0 unspecified atom stereocenters. The summed E-state index contributed by atoms with van der Waals surface area (Å²) in [5.41, 5.74) is 4.15. The molecule has 3 N–H and O–H groups in total. The summed E-state index contributed by atoms with van der Waals surface area (Å²) in [6.45, 7) is 3.88.